The van der Waals surface area contributed by atoms with Gasteiger partial charge < -0.3 is 0 Å². The molecule has 0 saturated heterocycles. The van der Waals surface area contributed by atoms with Crippen LogP contribution in [0.2, 0.25) is 0 Å². The zero-order valence-corrected chi connectivity index (χ0v) is 32.5. The summed E-state index contributed by atoms with van der Waals surface area (Å²) in [5.74, 6) is 0.701. The zero-order valence-electron chi connectivity index (χ0n) is 32.5. The maximum Gasteiger partial charge on any atom is 0.161 e. The zero-order chi connectivity index (χ0) is 38.8. The summed E-state index contributed by atoms with van der Waals surface area (Å²) >= 11 is 0. The molecule has 2 heteroatoms. The standard InChI is InChI=1S/C56H40N2/c1-55(2)48-29-17-15-27-42(48)44-32-31-39(33-50(44)55)45-34-46-43-28-16-18-30-49(43)56(40-23-11-5-12-24-40,41-25-13-6-14-26-41)51(46)35-47(45)54-57-52(37-19-7-3-8-20-37)36-53(58-54)38-21-9-4-10-22-38/h3-36H,1-2H3. The lowest BCUT2D eigenvalue weighted by atomic mass is 9.67. The van der Waals surface area contributed by atoms with Crippen LogP contribution >= 0.6 is 0 Å². The Morgan fingerprint density at radius 2 is 0.793 bits per heavy atom. The second kappa shape index (κ2) is 13.2. The predicted molar refractivity (Wildman–Crippen MR) is 239 cm³/mol. The van der Waals surface area contributed by atoms with Crippen molar-refractivity contribution in [3.8, 4) is 67.3 Å². The van der Waals surface area contributed by atoms with E-state index < -0.39 is 5.41 Å². The smallest absolute Gasteiger partial charge is 0.161 e. The molecule has 1 heterocycles. The van der Waals surface area contributed by atoms with Gasteiger partial charge in [-0.1, -0.05) is 196 Å². The van der Waals surface area contributed by atoms with Gasteiger partial charge in [0.1, 0.15) is 0 Å². The van der Waals surface area contributed by atoms with Gasteiger partial charge in [-0.15, -0.1) is 0 Å². The second-order valence-electron chi connectivity index (χ2n) is 16.1. The molecule has 58 heavy (non-hydrogen) atoms. The highest BCUT2D eigenvalue weighted by molar-refractivity contribution is 5.95. The Morgan fingerprint density at radius 3 is 1.38 bits per heavy atom. The van der Waals surface area contributed by atoms with Crippen LogP contribution in [0.5, 0.6) is 0 Å². The maximum absolute atomic E-state index is 5.48. The first-order chi connectivity index (χ1) is 28.5. The average Bonchev–Trinajstić information content (AvgIpc) is 3.72. The lowest BCUT2D eigenvalue weighted by molar-refractivity contribution is 0.660. The molecule has 1 aromatic heterocycles. The van der Waals surface area contributed by atoms with E-state index in [-0.39, 0.29) is 5.41 Å². The number of hydrogen-bond donors (Lipinski definition) is 0. The summed E-state index contributed by atoms with van der Waals surface area (Å²) in [7, 11) is 0. The normalized spacial score (nSPS) is 14.0. The molecule has 0 fully saturated rings. The molecule has 8 aromatic carbocycles. The molecule has 0 radical (unpaired) electrons. The molecule has 0 spiro atoms. The molecule has 0 saturated carbocycles. The van der Waals surface area contributed by atoms with Crippen LogP contribution in [-0.2, 0) is 10.8 Å². The number of hydrogen-bond acceptors (Lipinski definition) is 2. The third kappa shape index (κ3) is 5.11. The van der Waals surface area contributed by atoms with Crippen molar-refractivity contribution < 1.29 is 0 Å². The Labute approximate surface area is 340 Å². The van der Waals surface area contributed by atoms with E-state index in [1.165, 1.54) is 55.6 Å². The minimum absolute atomic E-state index is 0.147. The van der Waals surface area contributed by atoms with E-state index in [9.17, 15) is 0 Å². The first kappa shape index (κ1) is 34.1. The van der Waals surface area contributed by atoms with Gasteiger partial charge in [0.2, 0.25) is 0 Å². The number of nitrogens with zero attached hydrogens (tertiary/aromatic N) is 2. The van der Waals surface area contributed by atoms with E-state index in [1.807, 2.05) is 0 Å². The summed E-state index contributed by atoms with van der Waals surface area (Å²) in [5, 5.41) is 0. The van der Waals surface area contributed by atoms with Gasteiger partial charge in [-0.3, -0.25) is 0 Å². The number of benzene rings is 8. The molecule has 0 amide bonds. The maximum atomic E-state index is 5.48. The quantitative estimate of drug-likeness (QED) is 0.170. The van der Waals surface area contributed by atoms with Gasteiger partial charge in [-0.2, -0.15) is 0 Å². The molecule has 0 unspecified atom stereocenters. The van der Waals surface area contributed by atoms with Crippen LogP contribution in [0.15, 0.2) is 206 Å². The molecule has 2 nitrogen and oxygen atoms in total. The summed E-state index contributed by atoms with van der Waals surface area (Å²) in [5.41, 5.74) is 19.2. The monoisotopic (exact) mass is 740 g/mol. The molecule has 274 valence electrons. The van der Waals surface area contributed by atoms with Crippen molar-refractivity contribution >= 4 is 0 Å². The molecule has 2 aliphatic rings. The van der Waals surface area contributed by atoms with Gasteiger partial charge in [0.15, 0.2) is 5.82 Å². The van der Waals surface area contributed by atoms with Crippen LogP contribution in [0.3, 0.4) is 0 Å². The van der Waals surface area contributed by atoms with Gasteiger partial charge >= 0.3 is 0 Å². The van der Waals surface area contributed by atoms with Crippen molar-refractivity contribution in [3.05, 3.63) is 240 Å². The summed E-state index contributed by atoms with van der Waals surface area (Å²) in [6.07, 6.45) is 0. The Balaban J connectivity index is 1.25. The number of fused-ring (bicyclic) bond motifs is 6. The van der Waals surface area contributed by atoms with Gasteiger partial charge in [0.25, 0.3) is 0 Å². The molecule has 9 aromatic rings. The van der Waals surface area contributed by atoms with Gasteiger partial charge in [-0.25, -0.2) is 9.97 Å². The van der Waals surface area contributed by atoms with Crippen molar-refractivity contribution in [3.63, 3.8) is 0 Å². The number of aromatic nitrogens is 2. The fraction of sp³-hybridized carbons (Fsp3) is 0.0714. The van der Waals surface area contributed by atoms with Crippen molar-refractivity contribution in [2.24, 2.45) is 0 Å². The lowest BCUT2D eigenvalue weighted by Gasteiger charge is -2.34. The SMILES string of the molecule is CC1(C)c2ccccc2-c2ccc(-c3cc4c(cc3-c3nc(-c5ccccc5)cc(-c5ccccc5)n3)C(c3ccccc3)(c3ccccc3)c3ccccc3-4)cc21. The van der Waals surface area contributed by atoms with Crippen molar-refractivity contribution in [1.29, 1.82) is 0 Å². The minimum atomic E-state index is -0.567. The Morgan fingerprint density at radius 1 is 0.310 bits per heavy atom. The summed E-state index contributed by atoms with van der Waals surface area (Å²) < 4.78 is 0. The van der Waals surface area contributed by atoms with Crippen molar-refractivity contribution in [1.82, 2.24) is 9.97 Å². The highest BCUT2D eigenvalue weighted by Gasteiger charge is 2.47. The third-order valence-electron chi connectivity index (χ3n) is 12.6. The van der Waals surface area contributed by atoms with Crippen LogP contribution < -0.4 is 0 Å². The van der Waals surface area contributed by atoms with E-state index >= 15 is 0 Å². The minimum Gasteiger partial charge on any atom is -0.228 e. The molecule has 0 atom stereocenters. The average molecular weight is 741 g/mol. The van der Waals surface area contributed by atoms with Crippen LogP contribution in [0, 0.1) is 0 Å². The summed E-state index contributed by atoms with van der Waals surface area (Å²) in [6.45, 7) is 4.71. The molecule has 0 bridgehead atoms. The Kier molecular flexibility index (Phi) is 7.78. The highest BCUT2D eigenvalue weighted by atomic mass is 14.9. The first-order valence-corrected chi connectivity index (χ1v) is 20.2. The van der Waals surface area contributed by atoms with Crippen molar-refractivity contribution in [2.45, 2.75) is 24.7 Å². The fourth-order valence-electron chi connectivity index (χ4n) is 9.86. The van der Waals surface area contributed by atoms with Crippen LogP contribution in [0.25, 0.3) is 67.3 Å². The Bertz CT molecular complexity index is 2910. The fourth-order valence-corrected chi connectivity index (χ4v) is 9.86. The van der Waals surface area contributed by atoms with E-state index in [1.54, 1.807) is 0 Å². The van der Waals surface area contributed by atoms with Crippen molar-refractivity contribution in [2.75, 3.05) is 0 Å². The van der Waals surface area contributed by atoms with Gasteiger partial charge in [0, 0.05) is 22.1 Å². The molecule has 11 rings (SSSR count). The first-order valence-electron chi connectivity index (χ1n) is 20.2. The lowest BCUT2D eigenvalue weighted by Crippen LogP contribution is -2.28. The van der Waals surface area contributed by atoms with E-state index in [0.717, 1.165) is 39.2 Å². The highest BCUT2D eigenvalue weighted by Crippen LogP contribution is 2.58. The Hall–Kier alpha value is -7.16. The third-order valence-corrected chi connectivity index (χ3v) is 12.6. The van der Waals surface area contributed by atoms with E-state index in [2.05, 4.69) is 220 Å². The molecule has 2 aliphatic carbocycles. The topological polar surface area (TPSA) is 25.8 Å². The summed E-state index contributed by atoms with van der Waals surface area (Å²) in [4.78, 5) is 11.0. The number of rotatable bonds is 6. The molecule has 0 aliphatic heterocycles. The largest absolute Gasteiger partial charge is 0.228 e. The summed E-state index contributed by atoms with van der Waals surface area (Å²) in [6, 6.07) is 74.9. The molecular formula is C56H40N2. The van der Waals surface area contributed by atoms with E-state index in [4.69, 9.17) is 9.97 Å². The van der Waals surface area contributed by atoms with Gasteiger partial charge in [-0.05, 0) is 91.0 Å². The van der Waals surface area contributed by atoms with Crippen LogP contribution in [-0.4, -0.2) is 9.97 Å². The second-order valence-corrected chi connectivity index (χ2v) is 16.1. The van der Waals surface area contributed by atoms with E-state index in [0.29, 0.717) is 5.82 Å². The predicted octanol–water partition coefficient (Wildman–Crippen LogP) is 13.8. The van der Waals surface area contributed by atoms with Crippen LogP contribution in [0.4, 0.5) is 0 Å². The molecular weight excluding hydrogens is 701 g/mol. The van der Waals surface area contributed by atoms with Crippen LogP contribution in [0.1, 0.15) is 47.2 Å². The molecule has 0 N–H and O–H groups in total. The van der Waals surface area contributed by atoms with Gasteiger partial charge in [0.05, 0.1) is 16.8 Å².